The molecule has 180 valence electrons. The van der Waals surface area contributed by atoms with Gasteiger partial charge in [-0.15, -0.1) is 0 Å². The number of amides is 1. The molecule has 0 aliphatic heterocycles. The Bertz CT molecular complexity index is 1300. The molecule has 0 saturated carbocycles. The van der Waals surface area contributed by atoms with Crippen LogP contribution < -0.4 is 14.5 Å². The Labute approximate surface area is 204 Å². The topological polar surface area (TPSA) is 93.0 Å². The summed E-state index contributed by atoms with van der Waals surface area (Å²) in [6.07, 6.45) is 2.57. The van der Waals surface area contributed by atoms with Crippen LogP contribution in [-0.4, -0.2) is 44.5 Å². The first-order valence-electron chi connectivity index (χ1n) is 10.6. The van der Waals surface area contributed by atoms with E-state index < -0.39 is 22.5 Å². The zero-order chi connectivity index (χ0) is 24.9. The molecule has 0 atom stereocenters. The third kappa shape index (κ3) is 5.98. The molecule has 1 amide bonds. The number of carbonyl (C=O) groups is 1. The normalized spacial score (nSPS) is 11.6. The molecule has 0 aliphatic carbocycles. The van der Waals surface area contributed by atoms with Gasteiger partial charge in [-0.05, 0) is 63.2 Å². The van der Waals surface area contributed by atoms with Crippen LogP contribution in [0.4, 0.5) is 5.69 Å². The molecule has 3 rings (SSSR count). The highest BCUT2D eigenvalue weighted by Crippen LogP contribution is 2.26. The van der Waals surface area contributed by atoms with E-state index in [-0.39, 0.29) is 0 Å². The van der Waals surface area contributed by atoms with Gasteiger partial charge in [-0.1, -0.05) is 23.7 Å². The minimum absolute atomic E-state index is 0.355. The van der Waals surface area contributed by atoms with Gasteiger partial charge in [-0.2, -0.15) is 5.10 Å². The maximum Gasteiger partial charge on any atom is 0.260 e. The largest absolute Gasteiger partial charge is 0.494 e. The molecule has 2 aromatic carbocycles. The number of para-hydroxylation sites is 1. The summed E-state index contributed by atoms with van der Waals surface area (Å²) < 4.78 is 33.0. The van der Waals surface area contributed by atoms with Gasteiger partial charge in [0.15, 0.2) is 0 Å². The lowest BCUT2D eigenvalue weighted by atomic mass is 10.2. The zero-order valence-electron chi connectivity index (χ0n) is 19.4. The SMILES string of the molecule is CCOc1ccc(N(CC(=O)N/N=C\c2cc(C)n(-c3ccccc3Cl)c2C)S(C)(=O)=O)cc1. The van der Waals surface area contributed by atoms with Crippen molar-refractivity contribution in [1.29, 1.82) is 0 Å². The van der Waals surface area contributed by atoms with E-state index in [9.17, 15) is 13.2 Å². The number of hydrazone groups is 1. The summed E-state index contributed by atoms with van der Waals surface area (Å²) in [5.41, 5.74) is 6.26. The van der Waals surface area contributed by atoms with Crippen LogP contribution in [0.2, 0.25) is 5.02 Å². The van der Waals surface area contributed by atoms with Gasteiger partial charge in [0.1, 0.15) is 12.3 Å². The molecule has 3 aromatic rings. The van der Waals surface area contributed by atoms with E-state index in [0.29, 0.717) is 23.1 Å². The maximum absolute atomic E-state index is 12.5. The molecule has 1 N–H and O–H groups in total. The lowest BCUT2D eigenvalue weighted by molar-refractivity contribution is -0.119. The van der Waals surface area contributed by atoms with Crippen LogP contribution in [0.5, 0.6) is 5.75 Å². The molecule has 1 heterocycles. The van der Waals surface area contributed by atoms with Crippen molar-refractivity contribution in [2.45, 2.75) is 20.8 Å². The highest BCUT2D eigenvalue weighted by Gasteiger charge is 2.21. The summed E-state index contributed by atoms with van der Waals surface area (Å²) >= 11 is 6.35. The number of ether oxygens (including phenoxy) is 1. The minimum atomic E-state index is -3.70. The van der Waals surface area contributed by atoms with E-state index in [2.05, 4.69) is 10.5 Å². The van der Waals surface area contributed by atoms with Crippen LogP contribution in [0.15, 0.2) is 59.7 Å². The highest BCUT2D eigenvalue weighted by molar-refractivity contribution is 7.92. The Morgan fingerprint density at radius 3 is 2.47 bits per heavy atom. The van der Waals surface area contributed by atoms with E-state index in [0.717, 1.165) is 33.2 Å². The molecule has 0 bridgehead atoms. The number of hydrogen-bond acceptors (Lipinski definition) is 5. The summed E-state index contributed by atoms with van der Waals surface area (Å²) in [7, 11) is -3.70. The summed E-state index contributed by atoms with van der Waals surface area (Å²) in [5, 5.41) is 4.65. The van der Waals surface area contributed by atoms with E-state index in [1.54, 1.807) is 24.3 Å². The number of carbonyl (C=O) groups excluding carboxylic acids is 1. The number of anilines is 1. The summed E-state index contributed by atoms with van der Waals surface area (Å²) in [6.45, 7) is 5.82. The predicted molar refractivity (Wildman–Crippen MR) is 136 cm³/mol. The molecule has 10 heteroatoms. The number of benzene rings is 2. The van der Waals surface area contributed by atoms with Crippen molar-refractivity contribution in [3.05, 3.63) is 76.6 Å². The van der Waals surface area contributed by atoms with Crippen molar-refractivity contribution in [2.24, 2.45) is 5.10 Å². The van der Waals surface area contributed by atoms with Crippen molar-refractivity contribution in [2.75, 3.05) is 23.7 Å². The summed E-state index contributed by atoms with van der Waals surface area (Å²) in [5.74, 6) is 0.0404. The minimum Gasteiger partial charge on any atom is -0.494 e. The van der Waals surface area contributed by atoms with Crippen molar-refractivity contribution >= 4 is 39.4 Å². The molecule has 0 aliphatic rings. The second-order valence-corrected chi connectivity index (χ2v) is 9.92. The fourth-order valence-corrected chi connectivity index (χ4v) is 4.61. The van der Waals surface area contributed by atoms with Crippen LogP contribution in [0.1, 0.15) is 23.9 Å². The first-order chi connectivity index (χ1) is 16.1. The number of nitrogens with zero attached hydrogens (tertiary/aromatic N) is 3. The summed E-state index contributed by atoms with van der Waals surface area (Å²) in [4.78, 5) is 12.5. The number of rotatable bonds is 9. The molecule has 0 spiro atoms. The number of nitrogens with one attached hydrogen (secondary N) is 1. The number of aromatic nitrogens is 1. The van der Waals surface area contributed by atoms with E-state index in [4.69, 9.17) is 16.3 Å². The fraction of sp³-hybridized carbons (Fsp3) is 0.250. The van der Waals surface area contributed by atoms with Crippen molar-refractivity contribution in [1.82, 2.24) is 9.99 Å². The fourth-order valence-electron chi connectivity index (χ4n) is 3.54. The van der Waals surface area contributed by atoms with Gasteiger partial charge < -0.3 is 9.30 Å². The third-order valence-corrected chi connectivity index (χ3v) is 6.54. The Balaban J connectivity index is 1.73. The molecule has 1 aromatic heterocycles. The lowest BCUT2D eigenvalue weighted by Gasteiger charge is -2.21. The van der Waals surface area contributed by atoms with Gasteiger partial charge in [0.2, 0.25) is 10.0 Å². The quantitative estimate of drug-likeness (QED) is 0.352. The lowest BCUT2D eigenvalue weighted by Crippen LogP contribution is -2.39. The average molecular weight is 503 g/mol. The standard InChI is InChI=1S/C24H27ClN4O4S/c1-5-33-21-12-10-20(11-13-21)28(34(4,31)32)16-24(30)27-26-15-19-14-17(2)29(18(19)3)23-9-7-6-8-22(23)25/h6-15H,5,16H2,1-4H3,(H,27,30)/b26-15-. The van der Waals surface area contributed by atoms with Gasteiger partial charge in [-0.3, -0.25) is 9.10 Å². The van der Waals surface area contributed by atoms with Crippen molar-refractivity contribution < 1.29 is 17.9 Å². The van der Waals surface area contributed by atoms with Gasteiger partial charge in [0.25, 0.3) is 5.91 Å². The van der Waals surface area contributed by atoms with Gasteiger partial charge in [0.05, 0.1) is 35.5 Å². The molecule has 0 fully saturated rings. The number of aryl methyl sites for hydroxylation is 1. The van der Waals surface area contributed by atoms with Crippen molar-refractivity contribution in [3.8, 4) is 11.4 Å². The van der Waals surface area contributed by atoms with Gasteiger partial charge in [0, 0.05) is 17.0 Å². The van der Waals surface area contributed by atoms with Crippen LogP contribution in [0, 0.1) is 13.8 Å². The predicted octanol–water partition coefficient (Wildman–Crippen LogP) is 4.06. The van der Waals surface area contributed by atoms with Gasteiger partial charge in [-0.25, -0.2) is 13.8 Å². The van der Waals surface area contributed by atoms with E-state index in [1.165, 1.54) is 6.21 Å². The molecule has 34 heavy (non-hydrogen) atoms. The number of hydrogen-bond donors (Lipinski definition) is 1. The second kappa shape index (κ2) is 10.8. The van der Waals surface area contributed by atoms with Crippen molar-refractivity contribution in [3.63, 3.8) is 0 Å². The molecular weight excluding hydrogens is 476 g/mol. The average Bonchev–Trinajstić information content (AvgIpc) is 3.06. The Kier molecular flexibility index (Phi) is 8.01. The first-order valence-corrected chi connectivity index (χ1v) is 12.8. The number of sulfonamides is 1. The smallest absolute Gasteiger partial charge is 0.260 e. The monoisotopic (exact) mass is 502 g/mol. The van der Waals surface area contributed by atoms with Crippen LogP contribution in [0.25, 0.3) is 5.69 Å². The Morgan fingerprint density at radius 1 is 1.18 bits per heavy atom. The molecule has 0 saturated heterocycles. The Hall–Kier alpha value is -3.30. The highest BCUT2D eigenvalue weighted by atomic mass is 35.5. The Morgan fingerprint density at radius 2 is 1.85 bits per heavy atom. The first kappa shape index (κ1) is 25.3. The van der Waals surface area contributed by atoms with Crippen LogP contribution >= 0.6 is 11.6 Å². The van der Waals surface area contributed by atoms with Crippen LogP contribution in [-0.2, 0) is 14.8 Å². The number of halogens is 1. The van der Waals surface area contributed by atoms with E-state index in [1.807, 2.05) is 55.7 Å². The van der Waals surface area contributed by atoms with Gasteiger partial charge >= 0.3 is 0 Å². The summed E-state index contributed by atoms with van der Waals surface area (Å²) in [6, 6.07) is 15.9. The third-order valence-electron chi connectivity index (χ3n) is 5.08. The second-order valence-electron chi connectivity index (χ2n) is 7.60. The molecule has 0 unspecified atom stereocenters. The molecule has 8 nitrogen and oxygen atoms in total. The maximum atomic E-state index is 12.5. The van der Waals surface area contributed by atoms with Crippen LogP contribution in [0.3, 0.4) is 0 Å². The van der Waals surface area contributed by atoms with E-state index >= 15 is 0 Å². The molecule has 0 radical (unpaired) electrons. The zero-order valence-corrected chi connectivity index (χ0v) is 21.0. The molecular formula is C24H27ClN4O4S.